The first kappa shape index (κ1) is 15.0. The van der Waals surface area contributed by atoms with Gasteiger partial charge in [-0.3, -0.25) is 9.97 Å². The zero-order valence-electron chi connectivity index (χ0n) is 11.6. The highest BCUT2D eigenvalue weighted by Gasteiger charge is 2.19. The monoisotopic (exact) mass is 267 g/mol. The molecule has 1 rings (SSSR count). The summed E-state index contributed by atoms with van der Waals surface area (Å²) in [7, 11) is 0. The molecule has 0 fully saturated rings. The quantitative estimate of drug-likeness (QED) is 0.848. The second kappa shape index (κ2) is 6.20. The first-order valence-electron chi connectivity index (χ1n) is 6.17. The van der Waals surface area contributed by atoms with Crippen LogP contribution in [0.1, 0.15) is 52.1 Å². The highest BCUT2D eigenvalue weighted by molar-refractivity contribution is 7.80. The van der Waals surface area contributed by atoms with Gasteiger partial charge in [0.05, 0.1) is 24.2 Å². The minimum absolute atomic E-state index is 0.316. The third kappa shape index (κ3) is 3.46. The van der Waals surface area contributed by atoms with Crippen molar-refractivity contribution < 1.29 is 5.11 Å². The fraction of sp³-hybridized carbons (Fsp3) is 0.615. The molecular formula is C13H21N3OS. The Morgan fingerprint density at radius 2 is 1.67 bits per heavy atom. The molecule has 1 atom stereocenters. The molecule has 1 aromatic heterocycles. The summed E-state index contributed by atoms with van der Waals surface area (Å²) in [4.78, 5) is 11.3. The van der Waals surface area contributed by atoms with Gasteiger partial charge in [-0.25, -0.2) is 0 Å². The van der Waals surface area contributed by atoms with E-state index in [1.807, 2.05) is 0 Å². The molecule has 0 amide bonds. The predicted octanol–water partition coefficient (Wildman–Crippen LogP) is 2.32. The Hall–Kier alpha value is -1.07. The molecule has 18 heavy (non-hydrogen) atoms. The molecule has 0 saturated carbocycles. The maximum Gasteiger partial charge on any atom is 0.129 e. The van der Waals surface area contributed by atoms with Crippen molar-refractivity contribution in [2.75, 3.05) is 0 Å². The van der Waals surface area contributed by atoms with E-state index in [-0.39, 0.29) is 0 Å². The van der Waals surface area contributed by atoms with Crippen LogP contribution >= 0.6 is 12.2 Å². The number of hydrogen-bond donors (Lipinski definition) is 1. The second-order valence-electron chi connectivity index (χ2n) is 4.90. The second-order valence-corrected chi connectivity index (χ2v) is 5.29. The van der Waals surface area contributed by atoms with Crippen LogP contribution in [0.5, 0.6) is 0 Å². The van der Waals surface area contributed by atoms with Crippen molar-refractivity contribution in [1.82, 2.24) is 14.9 Å². The third-order valence-corrected chi connectivity index (χ3v) is 3.09. The van der Waals surface area contributed by atoms with E-state index >= 15 is 0 Å². The number of hydrogen-bond acceptors (Lipinski definition) is 4. The highest BCUT2D eigenvalue weighted by atomic mass is 32.1. The lowest BCUT2D eigenvalue weighted by molar-refractivity contribution is 0.194. The normalized spacial score (nSPS) is 12.9. The Morgan fingerprint density at radius 3 is 2.00 bits per heavy atom. The molecule has 0 saturated heterocycles. The zero-order valence-corrected chi connectivity index (χ0v) is 12.4. The molecule has 0 aliphatic carbocycles. The van der Waals surface area contributed by atoms with Crippen molar-refractivity contribution in [3.8, 4) is 0 Å². The molecule has 0 aliphatic rings. The molecule has 0 radical (unpaired) electrons. The fourth-order valence-corrected chi connectivity index (χ4v) is 2.39. The molecule has 1 unspecified atom stereocenters. The molecule has 1 aromatic rings. The summed E-state index contributed by atoms with van der Waals surface area (Å²) < 4.78 is 0. The van der Waals surface area contributed by atoms with Crippen LogP contribution in [0, 0.1) is 0 Å². The van der Waals surface area contributed by atoms with E-state index in [1.165, 1.54) is 0 Å². The van der Waals surface area contributed by atoms with Gasteiger partial charge >= 0.3 is 0 Å². The van der Waals surface area contributed by atoms with Gasteiger partial charge in [-0.1, -0.05) is 12.2 Å². The van der Waals surface area contributed by atoms with E-state index < -0.39 is 6.10 Å². The number of nitrogens with zero attached hydrogens (tertiary/aromatic N) is 3. The van der Waals surface area contributed by atoms with E-state index in [4.69, 9.17) is 12.2 Å². The van der Waals surface area contributed by atoms with Crippen molar-refractivity contribution in [3.63, 3.8) is 0 Å². The summed E-state index contributed by atoms with van der Waals surface area (Å²) in [5.74, 6) is 0. The summed E-state index contributed by atoms with van der Waals surface area (Å²) in [6.45, 7) is 10.1. The van der Waals surface area contributed by atoms with Crippen LogP contribution in [0.15, 0.2) is 12.4 Å². The number of aliphatic hydroxyl groups is 1. The van der Waals surface area contributed by atoms with Gasteiger partial charge in [0.2, 0.25) is 0 Å². The van der Waals surface area contributed by atoms with Crippen molar-refractivity contribution in [2.45, 2.75) is 52.8 Å². The zero-order chi connectivity index (χ0) is 13.9. The largest absolute Gasteiger partial charge is 0.387 e. The average Bonchev–Trinajstić information content (AvgIpc) is 2.28. The van der Waals surface area contributed by atoms with Gasteiger partial charge in [0.25, 0.3) is 0 Å². The molecule has 5 heteroatoms. The molecule has 0 spiro atoms. The highest BCUT2D eigenvalue weighted by Crippen LogP contribution is 2.13. The molecule has 100 valence electrons. The van der Waals surface area contributed by atoms with Gasteiger partial charge < -0.3 is 10.0 Å². The Balaban J connectivity index is 2.95. The lowest BCUT2D eigenvalue weighted by Crippen LogP contribution is -2.41. The first-order chi connectivity index (χ1) is 8.34. The average molecular weight is 267 g/mol. The predicted molar refractivity (Wildman–Crippen MR) is 76.5 cm³/mol. The van der Waals surface area contributed by atoms with Crippen LogP contribution in [0.3, 0.4) is 0 Å². The van der Waals surface area contributed by atoms with Gasteiger partial charge in [-0.2, -0.15) is 0 Å². The summed E-state index contributed by atoms with van der Waals surface area (Å²) in [6, 6.07) is 0.631. The maximum absolute atomic E-state index is 9.39. The van der Waals surface area contributed by atoms with Gasteiger partial charge in [0.1, 0.15) is 10.7 Å². The Bertz CT molecular complexity index is 393. The van der Waals surface area contributed by atoms with E-state index in [0.717, 1.165) is 0 Å². The lowest BCUT2D eigenvalue weighted by Gasteiger charge is -2.32. The number of aliphatic hydroxyl groups excluding tert-OH is 1. The topological polar surface area (TPSA) is 49.3 Å². The molecule has 0 aliphatic heterocycles. The minimum Gasteiger partial charge on any atom is -0.387 e. The Kier molecular flexibility index (Phi) is 5.16. The van der Waals surface area contributed by atoms with Crippen LogP contribution in [-0.2, 0) is 0 Å². The van der Waals surface area contributed by atoms with Crippen LogP contribution in [0.2, 0.25) is 0 Å². The number of aromatic nitrogens is 2. The van der Waals surface area contributed by atoms with Crippen LogP contribution in [0.25, 0.3) is 0 Å². The van der Waals surface area contributed by atoms with E-state index in [0.29, 0.717) is 28.5 Å². The lowest BCUT2D eigenvalue weighted by atomic mass is 10.2. The molecule has 1 N–H and O–H groups in total. The smallest absolute Gasteiger partial charge is 0.129 e. The minimum atomic E-state index is -0.605. The molecule has 1 heterocycles. The van der Waals surface area contributed by atoms with E-state index in [9.17, 15) is 5.11 Å². The van der Waals surface area contributed by atoms with Gasteiger partial charge in [0.15, 0.2) is 0 Å². The van der Waals surface area contributed by atoms with Gasteiger partial charge in [-0.15, -0.1) is 0 Å². The van der Waals surface area contributed by atoms with E-state index in [1.54, 1.807) is 19.3 Å². The first-order valence-corrected chi connectivity index (χ1v) is 6.58. The SMILES string of the molecule is CC(O)c1cnc(C(=S)N(C(C)C)C(C)C)cn1. The van der Waals surface area contributed by atoms with Crippen molar-refractivity contribution in [2.24, 2.45) is 0 Å². The Morgan fingerprint density at radius 1 is 1.11 bits per heavy atom. The van der Waals surface area contributed by atoms with Crippen molar-refractivity contribution >= 4 is 17.2 Å². The summed E-state index contributed by atoms with van der Waals surface area (Å²) >= 11 is 5.46. The molecule has 0 aromatic carbocycles. The van der Waals surface area contributed by atoms with Crippen LogP contribution < -0.4 is 0 Å². The van der Waals surface area contributed by atoms with Crippen LogP contribution in [0.4, 0.5) is 0 Å². The summed E-state index contributed by atoms with van der Waals surface area (Å²) in [6.07, 6.45) is 2.60. The summed E-state index contributed by atoms with van der Waals surface area (Å²) in [5, 5.41) is 9.39. The van der Waals surface area contributed by atoms with Crippen LogP contribution in [-0.4, -0.2) is 37.0 Å². The molecule has 4 nitrogen and oxygen atoms in total. The number of rotatable bonds is 4. The third-order valence-electron chi connectivity index (χ3n) is 2.67. The maximum atomic E-state index is 9.39. The van der Waals surface area contributed by atoms with Gasteiger partial charge in [0, 0.05) is 12.1 Å². The van der Waals surface area contributed by atoms with Gasteiger partial charge in [-0.05, 0) is 34.6 Å². The Labute approximate surface area is 114 Å². The number of thiocarbonyl (C=S) groups is 1. The van der Waals surface area contributed by atoms with Crippen molar-refractivity contribution in [3.05, 3.63) is 23.8 Å². The van der Waals surface area contributed by atoms with Crippen molar-refractivity contribution in [1.29, 1.82) is 0 Å². The molecular weight excluding hydrogens is 246 g/mol. The van der Waals surface area contributed by atoms with E-state index in [2.05, 4.69) is 42.6 Å². The molecule has 0 bridgehead atoms. The fourth-order valence-electron chi connectivity index (χ4n) is 1.86. The standard InChI is InChI=1S/C13H21N3OS/c1-8(2)16(9(3)4)13(18)12-7-14-11(6-15-12)10(5)17/h6-10,17H,1-5H3. The summed E-state index contributed by atoms with van der Waals surface area (Å²) in [5.41, 5.74) is 1.24.